The Morgan fingerprint density at radius 3 is 2.52 bits per heavy atom. The number of carbonyl (C=O) groups is 2. The number of hydrogen-bond acceptors (Lipinski definition) is 7. The number of amides is 2. The number of carbonyl (C=O) groups excluding carboxylic acids is 2. The van der Waals surface area contributed by atoms with Gasteiger partial charge in [-0.25, -0.2) is 4.68 Å². The summed E-state index contributed by atoms with van der Waals surface area (Å²) in [5.74, 6) is 0.387. The van der Waals surface area contributed by atoms with Crippen LogP contribution in [0.2, 0.25) is 0 Å². The van der Waals surface area contributed by atoms with Crippen LogP contribution in [0.5, 0.6) is 11.5 Å². The summed E-state index contributed by atoms with van der Waals surface area (Å²) in [6.45, 7) is 3.88. The van der Waals surface area contributed by atoms with Gasteiger partial charge in [0.2, 0.25) is 0 Å². The average molecular weight is 448 g/mol. The Bertz CT molecular complexity index is 1150. The van der Waals surface area contributed by atoms with E-state index in [9.17, 15) is 14.7 Å². The molecule has 9 nitrogen and oxygen atoms in total. The number of nitrogens with zero attached hydrogens (tertiary/aromatic N) is 4. The van der Waals surface area contributed by atoms with Crippen molar-refractivity contribution in [1.29, 1.82) is 0 Å². The van der Waals surface area contributed by atoms with E-state index < -0.39 is 6.10 Å². The van der Waals surface area contributed by atoms with Crippen LogP contribution in [0.1, 0.15) is 32.0 Å². The van der Waals surface area contributed by atoms with Crippen LogP contribution in [-0.2, 0) is 19.5 Å². The lowest BCUT2D eigenvalue weighted by Gasteiger charge is -2.15. The third-order valence-electron chi connectivity index (χ3n) is 5.22. The number of ether oxygens (including phenoxy) is 2. The quantitative estimate of drug-likeness (QED) is 0.374. The second-order valence-corrected chi connectivity index (χ2v) is 7.62. The number of methoxy groups -OCH3 is 1. The van der Waals surface area contributed by atoms with Gasteiger partial charge in [0.1, 0.15) is 18.4 Å². The number of fused-ring (bicyclic) bond motifs is 1. The van der Waals surface area contributed by atoms with Crippen molar-refractivity contribution in [2.75, 3.05) is 13.7 Å². The topological polar surface area (TPSA) is 107 Å². The van der Waals surface area contributed by atoms with E-state index in [0.717, 1.165) is 10.5 Å². The monoisotopic (exact) mass is 448 g/mol. The molecule has 2 heterocycles. The van der Waals surface area contributed by atoms with E-state index >= 15 is 0 Å². The minimum atomic E-state index is -0.864. The SMILES string of the molecule is C=CCc1ccc(OCC(O)Cn2cc(CN3C(=O)c4ccccc4C3=O)nn2)c(OC)c1. The molecule has 2 amide bonds. The fourth-order valence-corrected chi connectivity index (χ4v) is 3.62. The molecule has 0 bridgehead atoms. The second kappa shape index (κ2) is 9.66. The van der Waals surface area contributed by atoms with Crippen molar-refractivity contribution in [3.05, 3.63) is 83.7 Å². The highest BCUT2D eigenvalue weighted by atomic mass is 16.5. The maximum absolute atomic E-state index is 12.5. The minimum Gasteiger partial charge on any atom is -0.493 e. The molecule has 0 aliphatic carbocycles. The van der Waals surface area contributed by atoms with Crippen molar-refractivity contribution in [3.63, 3.8) is 0 Å². The van der Waals surface area contributed by atoms with Crippen molar-refractivity contribution in [3.8, 4) is 11.5 Å². The summed E-state index contributed by atoms with van der Waals surface area (Å²) < 4.78 is 12.5. The third-order valence-corrected chi connectivity index (χ3v) is 5.22. The Hall–Kier alpha value is -3.98. The van der Waals surface area contributed by atoms with Gasteiger partial charge in [0.05, 0.1) is 37.5 Å². The Morgan fingerprint density at radius 2 is 1.85 bits per heavy atom. The molecule has 1 aliphatic rings. The molecule has 0 saturated heterocycles. The van der Waals surface area contributed by atoms with Crippen LogP contribution in [0.4, 0.5) is 0 Å². The predicted molar refractivity (Wildman–Crippen MR) is 119 cm³/mol. The van der Waals surface area contributed by atoms with Crippen molar-refractivity contribution >= 4 is 11.8 Å². The second-order valence-electron chi connectivity index (χ2n) is 7.62. The number of rotatable bonds is 10. The van der Waals surface area contributed by atoms with E-state index in [4.69, 9.17) is 9.47 Å². The molecular weight excluding hydrogens is 424 g/mol. The summed E-state index contributed by atoms with van der Waals surface area (Å²) in [6.07, 6.45) is 3.25. The summed E-state index contributed by atoms with van der Waals surface area (Å²) in [5, 5.41) is 18.4. The van der Waals surface area contributed by atoms with E-state index in [1.54, 1.807) is 49.7 Å². The Labute approximate surface area is 190 Å². The normalized spacial score (nSPS) is 13.7. The first kappa shape index (κ1) is 22.2. The van der Waals surface area contributed by atoms with E-state index in [1.807, 2.05) is 12.1 Å². The molecule has 0 saturated carbocycles. The number of hydrogen-bond donors (Lipinski definition) is 1. The average Bonchev–Trinajstić information content (AvgIpc) is 3.36. The standard InChI is InChI=1S/C24H24N4O5/c1-3-6-16-9-10-21(22(11-16)32-2)33-15-18(29)14-27-12-17(25-26-27)13-28-23(30)19-7-4-5-8-20(19)24(28)31/h3-5,7-12,18,29H,1,6,13-15H2,2H3. The highest BCUT2D eigenvalue weighted by molar-refractivity contribution is 6.21. The highest BCUT2D eigenvalue weighted by Crippen LogP contribution is 2.28. The van der Waals surface area contributed by atoms with Gasteiger partial charge >= 0.3 is 0 Å². The molecule has 1 unspecified atom stereocenters. The van der Waals surface area contributed by atoms with Crippen LogP contribution in [0.3, 0.4) is 0 Å². The first-order valence-electron chi connectivity index (χ1n) is 10.4. The third kappa shape index (κ3) is 4.78. The Morgan fingerprint density at radius 1 is 1.12 bits per heavy atom. The Kier molecular flexibility index (Phi) is 6.50. The van der Waals surface area contributed by atoms with Gasteiger partial charge < -0.3 is 14.6 Å². The molecule has 1 atom stereocenters. The number of aliphatic hydroxyl groups is 1. The van der Waals surface area contributed by atoms with Crippen LogP contribution in [0.15, 0.2) is 61.3 Å². The first-order chi connectivity index (χ1) is 16.0. The maximum Gasteiger partial charge on any atom is 0.261 e. The lowest BCUT2D eigenvalue weighted by atomic mass is 10.1. The molecule has 170 valence electrons. The summed E-state index contributed by atoms with van der Waals surface area (Å²) in [7, 11) is 1.56. The van der Waals surface area contributed by atoms with E-state index in [-0.39, 0.29) is 31.5 Å². The van der Waals surface area contributed by atoms with Gasteiger partial charge in [-0.1, -0.05) is 29.5 Å². The molecule has 1 aliphatic heterocycles. The van der Waals surface area contributed by atoms with Gasteiger partial charge in [-0.3, -0.25) is 14.5 Å². The molecular formula is C24H24N4O5. The summed E-state index contributed by atoms with van der Waals surface area (Å²) in [5.41, 5.74) is 2.26. The zero-order valence-corrected chi connectivity index (χ0v) is 18.2. The van der Waals surface area contributed by atoms with Crippen LogP contribution < -0.4 is 9.47 Å². The molecule has 3 aromatic rings. The number of imide groups is 1. The van der Waals surface area contributed by atoms with Gasteiger partial charge in [0, 0.05) is 0 Å². The van der Waals surface area contributed by atoms with Crippen LogP contribution in [0, 0.1) is 0 Å². The fourth-order valence-electron chi connectivity index (χ4n) is 3.62. The predicted octanol–water partition coefficient (Wildman–Crippen LogP) is 2.25. The molecule has 1 aromatic heterocycles. The number of aromatic nitrogens is 3. The number of allylic oxidation sites excluding steroid dienone is 1. The van der Waals surface area contributed by atoms with Gasteiger partial charge in [-0.2, -0.15) is 0 Å². The summed E-state index contributed by atoms with van der Waals surface area (Å²) in [4.78, 5) is 26.1. The van der Waals surface area contributed by atoms with Gasteiger partial charge in [0.15, 0.2) is 11.5 Å². The lowest BCUT2D eigenvalue weighted by Crippen LogP contribution is -2.29. The molecule has 33 heavy (non-hydrogen) atoms. The van der Waals surface area contributed by atoms with Crippen molar-refractivity contribution in [1.82, 2.24) is 19.9 Å². The van der Waals surface area contributed by atoms with Gasteiger partial charge in [-0.15, -0.1) is 11.7 Å². The van der Waals surface area contributed by atoms with Crippen LogP contribution in [0.25, 0.3) is 0 Å². The summed E-state index contributed by atoms with van der Waals surface area (Å²) in [6, 6.07) is 12.3. The summed E-state index contributed by atoms with van der Waals surface area (Å²) >= 11 is 0. The van der Waals surface area contributed by atoms with Crippen LogP contribution >= 0.6 is 0 Å². The molecule has 0 radical (unpaired) electrons. The number of aliphatic hydroxyl groups excluding tert-OH is 1. The van der Waals surface area contributed by atoms with Crippen molar-refractivity contribution in [2.45, 2.75) is 25.6 Å². The molecule has 9 heteroatoms. The molecule has 0 fully saturated rings. The van der Waals surface area contributed by atoms with Gasteiger partial charge in [0.25, 0.3) is 11.8 Å². The lowest BCUT2D eigenvalue weighted by molar-refractivity contribution is 0.0640. The molecule has 0 spiro atoms. The van der Waals surface area contributed by atoms with Crippen LogP contribution in [-0.4, -0.2) is 56.6 Å². The largest absolute Gasteiger partial charge is 0.493 e. The van der Waals surface area contributed by atoms with E-state index in [0.29, 0.717) is 34.7 Å². The molecule has 1 N–H and O–H groups in total. The minimum absolute atomic E-state index is 0.00714. The maximum atomic E-state index is 12.5. The zero-order chi connectivity index (χ0) is 23.4. The van der Waals surface area contributed by atoms with E-state index in [2.05, 4.69) is 16.9 Å². The highest BCUT2D eigenvalue weighted by Gasteiger charge is 2.35. The Balaban J connectivity index is 1.33. The first-order valence-corrected chi connectivity index (χ1v) is 10.4. The molecule has 2 aromatic carbocycles. The molecule has 4 rings (SSSR count). The number of benzene rings is 2. The zero-order valence-electron chi connectivity index (χ0n) is 18.2. The van der Waals surface area contributed by atoms with Gasteiger partial charge in [-0.05, 0) is 36.2 Å². The smallest absolute Gasteiger partial charge is 0.261 e. The van der Waals surface area contributed by atoms with E-state index in [1.165, 1.54) is 4.68 Å². The van der Waals surface area contributed by atoms with Crippen molar-refractivity contribution in [2.24, 2.45) is 0 Å². The fraction of sp³-hybridized carbons (Fsp3) is 0.250. The van der Waals surface area contributed by atoms with Crippen molar-refractivity contribution < 1.29 is 24.2 Å².